The molecule has 0 N–H and O–H groups in total. The standard InChI is InChI=1S/C21H14ClF2N2O2S/c1-13-3-9-20(18(24)11-13)26(29(2,27)28)19-10-6-15(22)12-17(19)21(25-26)14-4-7-16(23)8-5-14/h1,3-12H,2H3/q+1. The lowest BCUT2D eigenvalue weighted by Crippen LogP contribution is -2.43. The predicted molar refractivity (Wildman–Crippen MR) is 110 cm³/mol. The van der Waals surface area contributed by atoms with Crippen LogP contribution in [0.1, 0.15) is 16.7 Å². The van der Waals surface area contributed by atoms with Gasteiger partial charge in [-0.15, -0.1) is 0 Å². The fourth-order valence-electron chi connectivity index (χ4n) is 3.42. The van der Waals surface area contributed by atoms with Gasteiger partial charge in [0, 0.05) is 22.7 Å². The second kappa shape index (κ2) is 6.73. The highest BCUT2D eigenvalue weighted by Crippen LogP contribution is 2.48. The first-order valence-electron chi connectivity index (χ1n) is 8.45. The van der Waals surface area contributed by atoms with Crippen LogP contribution in [0.3, 0.4) is 0 Å². The van der Waals surface area contributed by atoms with Crippen LogP contribution >= 0.6 is 11.6 Å². The summed E-state index contributed by atoms with van der Waals surface area (Å²) in [6, 6.07) is 13.7. The molecule has 1 aliphatic heterocycles. The molecule has 4 nitrogen and oxygen atoms in total. The molecular weight excluding hydrogens is 418 g/mol. The lowest BCUT2D eigenvalue weighted by atomic mass is 10.0. The Hall–Kier alpha value is -2.61. The fourth-order valence-corrected chi connectivity index (χ4v) is 4.84. The molecule has 1 unspecified atom stereocenters. The third-order valence-electron chi connectivity index (χ3n) is 4.68. The zero-order valence-corrected chi connectivity index (χ0v) is 16.7. The molecule has 0 spiro atoms. The summed E-state index contributed by atoms with van der Waals surface area (Å²) in [6.45, 7) is 5.64. The van der Waals surface area contributed by atoms with E-state index >= 15 is 0 Å². The maximum absolute atomic E-state index is 14.9. The maximum atomic E-state index is 14.9. The molecule has 29 heavy (non-hydrogen) atoms. The summed E-state index contributed by atoms with van der Waals surface area (Å²) in [7, 11) is -4.08. The fraction of sp³-hybridized carbons (Fsp3) is 0.0476. The van der Waals surface area contributed by atoms with Crippen molar-refractivity contribution in [1.82, 2.24) is 4.00 Å². The van der Waals surface area contributed by atoms with Crippen LogP contribution in [-0.4, -0.2) is 20.4 Å². The van der Waals surface area contributed by atoms with Crippen molar-refractivity contribution in [3.05, 3.63) is 101 Å². The van der Waals surface area contributed by atoms with Gasteiger partial charge >= 0.3 is 10.0 Å². The van der Waals surface area contributed by atoms with E-state index in [2.05, 4.69) is 5.10 Å². The van der Waals surface area contributed by atoms with Crippen LogP contribution in [0.25, 0.3) is 0 Å². The molecule has 2 radical (unpaired) electrons. The number of benzene rings is 3. The third kappa shape index (κ3) is 3.06. The van der Waals surface area contributed by atoms with Crippen LogP contribution < -0.4 is 4.00 Å². The van der Waals surface area contributed by atoms with Gasteiger partial charge in [-0.1, -0.05) is 22.8 Å². The van der Waals surface area contributed by atoms with Gasteiger partial charge in [0.25, 0.3) is 0 Å². The summed E-state index contributed by atoms with van der Waals surface area (Å²) in [5.41, 5.74) is 1.28. The molecule has 1 aliphatic rings. The average Bonchev–Trinajstić information content (AvgIpc) is 2.97. The van der Waals surface area contributed by atoms with E-state index in [1.807, 2.05) is 0 Å². The van der Waals surface area contributed by atoms with Crippen LogP contribution in [0.5, 0.6) is 0 Å². The molecule has 0 aliphatic carbocycles. The Morgan fingerprint density at radius 3 is 2.24 bits per heavy atom. The Morgan fingerprint density at radius 2 is 1.62 bits per heavy atom. The highest BCUT2D eigenvalue weighted by atomic mass is 35.5. The first kappa shape index (κ1) is 19.7. The predicted octanol–water partition coefficient (Wildman–Crippen LogP) is 5.04. The van der Waals surface area contributed by atoms with Crippen molar-refractivity contribution in [2.75, 3.05) is 6.26 Å². The molecular formula is C21H14ClF2N2O2S+. The molecule has 0 fully saturated rings. The van der Waals surface area contributed by atoms with Crippen LogP contribution in [0.15, 0.2) is 65.8 Å². The van der Waals surface area contributed by atoms with Gasteiger partial charge in [-0.05, 0) is 58.9 Å². The second-order valence-electron chi connectivity index (χ2n) is 6.64. The third-order valence-corrected chi connectivity index (χ3v) is 6.35. The van der Waals surface area contributed by atoms with Crippen LogP contribution in [0, 0.1) is 18.6 Å². The van der Waals surface area contributed by atoms with Crippen molar-refractivity contribution in [2.45, 2.75) is 0 Å². The number of halogens is 3. The van der Waals surface area contributed by atoms with E-state index in [0.717, 1.165) is 12.3 Å². The quantitative estimate of drug-likeness (QED) is 0.545. The topological polar surface area (TPSA) is 46.5 Å². The summed E-state index contributed by atoms with van der Waals surface area (Å²) in [5.74, 6) is -1.27. The lowest BCUT2D eigenvalue weighted by molar-refractivity contribution is 0.505. The van der Waals surface area contributed by atoms with Crippen molar-refractivity contribution < 1.29 is 17.2 Å². The molecule has 0 bridgehead atoms. The smallest absolute Gasteiger partial charge is 0.207 e. The average molecular weight is 432 g/mol. The van der Waals surface area contributed by atoms with Gasteiger partial charge in [0.05, 0.1) is 11.8 Å². The van der Waals surface area contributed by atoms with Gasteiger partial charge in [-0.25, -0.2) is 8.78 Å². The molecule has 0 saturated heterocycles. The van der Waals surface area contributed by atoms with Crippen molar-refractivity contribution in [3.63, 3.8) is 0 Å². The SMILES string of the molecule is [CH]c1ccc([N+]2(S(C)(=O)=O)N=C(c3ccc(F)cc3)c3cc(Cl)ccc32)c(F)c1. The Balaban J connectivity index is 2.12. The Morgan fingerprint density at radius 1 is 0.966 bits per heavy atom. The van der Waals surface area contributed by atoms with Crippen LogP contribution in [-0.2, 0) is 10.0 Å². The first-order valence-corrected chi connectivity index (χ1v) is 10.7. The Labute approximate surface area is 172 Å². The number of quaternary nitrogens is 1. The molecule has 146 valence electrons. The minimum absolute atomic E-state index is 0.149. The Bertz CT molecular complexity index is 1270. The normalized spacial score (nSPS) is 18.4. The van der Waals surface area contributed by atoms with Crippen molar-refractivity contribution in [2.24, 2.45) is 5.10 Å². The van der Waals surface area contributed by atoms with Gasteiger partial charge in [-0.3, -0.25) is 0 Å². The van der Waals surface area contributed by atoms with Gasteiger partial charge in [0.2, 0.25) is 5.69 Å². The van der Waals surface area contributed by atoms with Gasteiger partial charge < -0.3 is 0 Å². The number of sulfonamides is 1. The minimum Gasteiger partial charge on any atom is -0.207 e. The molecule has 1 atom stereocenters. The van der Waals surface area contributed by atoms with E-state index in [1.165, 1.54) is 48.5 Å². The molecule has 4 rings (SSSR count). The summed E-state index contributed by atoms with van der Waals surface area (Å²) in [4.78, 5) is 0. The second-order valence-corrected chi connectivity index (χ2v) is 9.07. The number of rotatable bonds is 3. The monoisotopic (exact) mass is 431 g/mol. The van der Waals surface area contributed by atoms with E-state index in [1.54, 1.807) is 6.07 Å². The summed E-state index contributed by atoms with van der Waals surface area (Å²) < 4.78 is 53.3. The maximum Gasteiger partial charge on any atom is 0.328 e. The first-order chi connectivity index (χ1) is 13.6. The summed E-state index contributed by atoms with van der Waals surface area (Å²) in [5, 5.41) is 4.82. The zero-order valence-electron chi connectivity index (χ0n) is 15.1. The van der Waals surface area contributed by atoms with Crippen molar-refractivity contribution in [1.29, 1.82) is 0 Å². The number of nitrogens with zero attached hydrogens (tertiary/aromatic N) is 2. The van der Waals surface area contributed by atoms with Gasteiger partial charge in [0.1, 0.15) is 11.5 Å². The molecule has 3 aromatic rings. The minimum atomic E-state index is -4.08. The van der Waals surface area contributed by atoms with Crippen molar-refractivity contribution >= 4 is 38.7 Å². The molecule has 0 amide bonds. The lowest BCUT2D eigenvalue weighted by Gasteiger charge is -2.26. The largest absolute Gasteiger partial charge is 0.328 e. The highest BCUT2D eigenvalue weighted by molar-refractivity contribution is 7.90. The molecule has 1 heterocycles. The zero-order chi connectivity index (χ0) is 21.0. The molecule has 0 saturated carbocycles. The number of hydrogen-bond donors (Lipinski definition) is 0. The van der Waals surface area contributed by atoms with Crippen LogP contribution in [0.2, 0.25) is 5.02 Å². The number of fused-ring (bicyclic) bond motifs is 1. The molecule has 8 heteroatoms. The molecule has 0 aromatic heterocycles. The summed E-state index contributed by atoms with van der Waals surface area (Å²) in [6.07, 6.45) is 0.971. The van der Waals surface area contributed by atoms with Gasteiger partial charge in [-0.2, -0.15) is 8.42 Å². The number of hydrogen-bond acceptors (Lipinski definition) is 3. The van der Waals surface area contributed by atoms with E-state index in [9.17, 15) is 17.2 Å². The van der Waals surface area contributed by atoms with E-state index in [-0.39, 0.29) is 22.6 Å². The van der Waals surface area contributed by atoms with E-state index in [0.29, 0.717) is 16.1 Å². The molecule has 3 aromatic carbocycles. The van der Waals surface area contributed by atoms with Crippen LogP contribution in [0.4, 0.5) is 20.2 Å². The van der Waals surface area contributed by atoms with Crippen molar-refractivity contribution in [3.8, 4) is 0 Å². The highest BCUT2D eigenvalue weighted by Gasteiger charge is 2.53. The summed E-state index contributed by atoms with van der Waals surface area (Å²) >= 11 is 6.14. The van der Waals surface area contributed by atoms with E-state index < -0.39 is 25.7 Å². The van der Waals surface area contributed by atoms with E-state index in [4.69, 9.17) is 18.5 Å². The van der Waals surface area contributed by atoms with Gasteiger partial charge in [0.15, 0.2) is 11.5 Å². The Kier molecular flexibility index (Phi) is 4.57.